The Morgan fingerprint density at radius 3 is 2.56 bits per heavy atom. The van der Waals surface area contributed by atoms with E-state index >= 15 is 0 Å². The van der Waals surface area contributed by atoms with Gasteiger partial charge in [-0.3, -0.25) is 19.6 Å². The number of anilines is 1. The van der Waals surface area contributed by atoms with Crippen molar-refractivity contribution in [3.63, 3.8) is 0 Å². The quantitative estimate of drug-likeness (QED) is 0.490. The van der Waals surface area contributed by atoms with Gasteiger partial charge >= 0.3 is 0 Å². The number of rotatable bonds is 3. The van der Waals surface area contributed by atoms with E-state index in [2.05, 4.69) is 10.3 Å². The van der Waals surface area contributed by atoms with Crippen molar-refractivity contribution in [2.75, 3.05) is 12.4 Å². The second-order valence-electron chi connectivity index (χ2n) is 5.17. The Kier molecular flexibility index (Phi) is 4.39. The highest BCUT2D eigenvalue weighted by Gasteiger charge is 2.44. The van der Waals surface area contributed by atoms with Gasteiger partial charge in [-0.2, -0.15) is 5.06 Å². The van der Waals surface area contributed by atoms with Gasteiger partial charge in [0.1, 0.15) is 0 Å². The SMILES string of the molecule is COc1ccc2c(n1)C(C(=O)Nc1ccc(Cl)cc1)C(=O)N(O)C2=O. The third kappa shape index (κ3) is 3.04. The molecule has 2 heterocycles. The average molecular weight is 362 g/mol. The minimum absolute atomic E-state index is 0.0563. The maximum absolute atomic E-state index is 12.6. The number of pyridine rings is 1. The summed E-state index contributed by atoms with van der Waals surface area (Å²) in [5.41, 5.74) is 0.262. The van der Waals surface area contributed by atoms with E-state index in [0.29, 0.717) is 10.7 Å². The number of fused-ring (bicyclic) bond motifs is 1. The molecule has 1 aliphatic rings. The van der Waals surface area contributed by atoms with E-state index in [9.17, 15) is 19.6 Å². The second kappa shape index (κ2) is 6.50. The van der Waals surface area contributed by atoms with Gasteiger partial charge in [0.15, 0.2) is 5.92 Å². The van der Waals surface area contributed by atoms with Crippen molar-refractivity contribution in [3.8, 4) is 5.88 Å². The van der Waals surface area contributed by atoms with E-state index in [1.54, 1.807) is 24.3 Å². The summed E-state index contributed by atoms with van der Waals surface area (Å²) in [7, 11) is 1.36. The lowest BCUT2D eigenvalue weighted by molar-refractivity contribution is -0.158. The van der Waals surface area contributed by atoms with Crippen LogP contribution in [0.3, 0.4) is 0 Å². The fourth-order valence-electron chi connectivity index (χ4n) is 2.41. The van der Waals surface area contributed by atoms with E-state index < -0.39 is 23.6 Å². The van der Waals surface area contributed by atoms with Crippen LogP contribution in [-0.2, 0) is 9.59 Å². The third-order valence-electron chi connectivity index (χ3n) is 3.63. The molecule has 1 aromatic carbocycles. The number of nitrogens with one attached hydrogen (secondary N) is 1. The van der Waals surface area contributed by atoms with Crippen LogP contribution in [0.5, 0.6) is 5.88 Å². The summed E-state index contributed by atoms with van der Waals surface area (Å²) in [6, 6.07) is 8.97. The summed E-state index contributed by atoms with van der Waals surface area (Å²) in [5.74, 6) is -4.16. The van der Waals surface area contributed by atoms with Gasteiger partial charge in [-0.05, 0) is 30.3 Å². The number of hydrogen-bond acceptors (Lipinski definition) is 6. The molecule has 128 valence electrons. The number of halogens is 1. The molecule has 1 aromatic heterocycles. The minimum Gasteiger partial charge on any atom is -0.481 e. The summed E-state index contributed by atoms with van der Waals surface area (Å²) in [4.78, 5) is 40.9. The van der Waals surface area contributed by atoms with Crippen molar-refractivity contribution in [2.45, 2.75) is 5.92 Å². The maximum atomic E-state index is 12.6. The lowest BCUT2D eigenvalue weighted by Crippen LogP contribution is -2.46. The molecule has 3 amide bonds. The number of amides is 3. The van der Waals surface area contributed by atoms with Crippen LogP contribution >= 0.6 is 11.6 Å². The molecular weight excluding hydrogens is 350 g/mol. The zero-order valence-corrected chi connectivity index (χ0v) is 13.6. The number of hydrogen-bond donors (Lipinski definition) is 2. The van der Waals surface area contributed by atoms with Crippen LogP contribution in [0.15, 0.2) is 36.4 Å². The second-order valence-corrected chi connectivity index (χ2v) is 5.61. The first-order chi connectivity index (χ1) is 11.9. The number of ether oxygens (including phenoxy) is 1. The highest BCUT2D eigenvalue weighted by atomic mass is 35.5. The number of benzene rings is 1. The zero-order chi connectivity index (χ0) is 18.1. The van der Waals surface area contributed by atoms with Crippen LogP contribution in [0.1, 0.15) is 22.0 Å². The highest BCUT2D eigenvalue weighted by molar-refractivity contribution is 6.30. The van der Waals surface area contributed by atoms with Gasteiger partial charge in [-0.1, -0.05) is 11.6 Å². The highest BCUT2D eigenvalue weighted by Crippen LogP contribution is 2.30. The van der Waals surface area contributed by atoms with E-state index in [0.717, 1.165) is 0 Å². The molecule has 9 heteroatoms. The third-order valence-corrected chi connectivity index (χ3v) is 3.89. The summed E-state index contributed by atoms with van der Waals surface area (Å²) in [6.07, 6.45) is 0. The maximum Gasteiger partial charge on any atom is 0.286 e. The molecule has 3 rings (SSSR count). The molecule has 0 radical (unpaired) electrons. The Hall–Kier alpha value is -2.97. The van der Waals surface area contributed by atoms with Gasteiger partial charge in [-0.25, -0.2) is 4.98 Å². The van der Waals surface area contributed by atoms with Crippen molar-refractivity contribution >= 4 is 35.0 Å². The molecule has 0 saturated heterocycles. The molecule has 0 aliphatic carbocycles. The first-order valence-corrected chi connectivity index (χ1v) is 7.48. The Bertz CT molecular complexity index is 869. The number of imide groups is 1. The standard InChI is InChI=1S/C16H12ClN3O5/c1-25-11-7-6-10-13(19-11)12(16(23)20(24)15(10)22)14(21)18-9-4-2-8(17)3-5-9/h2-7,12,24H,1H3,(H,18,21). The smallest absolute Gasteiger partial charge is 0.286 e. The van der Waals surface area contributed by atoms with Gasteiger partial charge < -0.3 is 10.1 Å². The minimum atomic E-state index is -1.50. The van der Waals surface area contributed by atoms with Crippen molar-refractivity contribution in [1.29, 1.82) is 0 Å². The summed E-state index contributed by atoms with van der Waals surface area (Å²) in [6.45, 7) is 0. The van der Waals surface area contributed by atoms with Crippen LogP contribution < -0.4 is 10.1 Å². The molecule has 25 heavy (non-hydrogen) atoms. The first-order valence-electron chi connectivity index (χ1n) is 7.11. The number of aromatic nitrogens is 1. The number of hydroxylamine groups is 2. The fourth-order valence-corrected chi connectivity index (χ4v) is 2.53. The molecule has 1 unspecified atom stereocenters. The lowest BCUT2D eigenvalue weighted by atomic mass is 9.93. The van der Waals surface area contributed by atoms with E-state index in [1.165, 1.54) is 19.2 Å². The van der Waals surface area contributed by atoms with Crippen molar-refractivity contribution in [3.05, 3.63) is 52.7 Å². The van der Waals surface area contributed by atoms with Crippen LogP contribution in [0.25, 0.3) is 0 Å². The summed E-state index contributed by atoms with van der Waals surface area (Å²) < 4.78 is 4.98. The van der Waals surface area contributed by atoms with E-state index in [-0.39, 0.29) is 22.2 Å². The Morgan fingerprint density at radius 1 is 1.24 bits per heavy atom. The molecule has 0 saturated carbocycles. The Labute approximate surface area is 146 Å². The molecule has 1 atom stereocenters. The fraction of sp³-hybridized carbons (Fsp3) is 0.125. The van der Waals surface area contributed by atoms with Crippen LogP contribution in [0.2, 0.25) is 5.02 Å². The Balaban J connectivity index is 2.00. The zero-order valence-electron chi connectivity index (χ0n) is 12.9. The average Bonchev–Trinajstić information content (AvgIpc) is 2.61. The molecule has 1 aliphatic heterocycles. The normalized spacial score (nSPS) is 16.4. The Morgan fingerprint density at radius 2 is 1.92 bits per heavy atom. The summed E-state index contributed by atoms with van der Waals surface area (Å²) >= 11 is 5.79. The number of carbonyl (C=O) groups excluding carboxylic acids is 3. The van der Waals surface area contributed by atoms with Crippen LogP contribution in [-0.4, -0.2) is 40.1 Å². The first kappa shape index (κ1) is 16.9. The van der Waals surface area contributed by atoms with Crippen LogP contribution in [0, 0.1) is 0 Å². The number of nitrogens with zero attached hydrogens (tertiary/aromatic N) is 2. The van der Waals surface area contributed by atoms with Crippen molar-refractivity contribution in [1.82, 2.24) is 10.0 Å². The molecule has 0 spiro atoms. The molecule has 0 fully saturated rings. The summed E-state index contributed by atoms with van der Waals surface area (Å²) in [5, 5.41) is 12.7. The number of carbonyl (C=O) groups is 3. The predicted octanol–water partition coefficient (Wildman–Crippen LogP) is 1.84. The van der Waals surface area contributed by atoms with Crippen molar-refractivity contribution < 1.29 is 24.3 Å². The predicted molar refractivity (Wildman–Crippen MR) is 86.6 cm³/mol. The van der Waals surface area contributed by atoms with Gasteiger partial charge in [0.2, 0.25) is 11.8 Å². The molecule has 2 aromatic rings. The molecule has 0 bridgehead atoms. The van der Waals surface area contributed by atoms with Crippen LogP contribution in [0.4, 0.5) is 5.69 Å². The molecular formula is C16H12ClN3O5. The van der Waals surface area contributed by atoms with E-state index in [1.807, 2.05) is 0 Å². The van der Waals surface area contributed by atoms with Gasteiger partial charge in [0.25, 0.3) is 11.8 Å². The monoisotopic (exact) mass is 361 g/mol. The largest absolute Gasteiger partial charge is 0.481 e. The lowest BCUT2D eigenvalue weighted by Gasteiger charge is -2.26. The van der Waals surface area contributed by atoms with Gasteiger partial charge in [0.05, 0.1) is 18.4 Å². The molecule has 8 nitrogen and oxygen atoms in total. The van der Waals surface area contributed by atoms with Gasteiger partial charge in [0, 0.05) is 16.8 Å². The van der Waals surface area contributed by atoms with Gasteiger partial charge in [-0.15, -0.1) is 0 Å². The number of methoxy groups -OCH3 is 1. The molecule has 2 N–H and O–H groups in total. The van der Waals surface area contributed by atoms with E-state index in [4.69, 9.17) is 16.3 Å². The topological polar surface area (TPSA) is 109 Å². The van der Waals surface area contributed by atoms with Crippen molar-refractivity contribution in [2.24, 2.45) is 0 Å².